The van der Waals surface area contributed by atoms with Crippen LogP contribution >= 0.6 is 11.3 Å². The first-order valence-corrected chi connectivity index (χ1v) is 8.76. The van der Waals surface area contributed by atoms with Crippen molar-refractivity contribution < 1.29 is 0 Å². The summed E-state index contributed by atoms with van der Waals surface area (Å²) in [5.41, 5.74) is 3.52. The highest BCUT2D eigenvalue weighted by molar-refractivity contribution is 7.25. The zero-order valence-electron chi connectivity index (χ0n) is 14.1. The predicted molar refractivity (Wildman–Crippen MR) is 103 cm³/mol. The Morgan fingerprint density at radius 1 is 1.12 bits per heavy atom. The van der Waals surface area contributed by atoms with E-state index in [0.717, 1.165) is 32.6 Å². The molecule has 0 radical (unpaired) electrons. The van der Waals surface area contributed by atoms with Crippen molar-refractivity contribution in [2.45, 2.75) is 20.8 Å². The summed E-state index contributed by atoms with van der Waals surface area (Å²) in [6.45, 7) is 5.78. The van der Waals surface area contributed by atoms with Crippen LogP contribution in [0.5, 0.6) is 0 Å². The van der Waals surface area contributed by atoms with Crippen molar-refractivity contribution in [1.29, 1.82) is 0 Å². The van der Waals surface area contributed by atoms with Crippen molar-refractivity contribution in [2.24, 2.45) is 5.10 Å². The smallest absolute Gasteiger partial charge is 0.266 e. The van der Waals surface area contributed by atoms with Gasteiger partial charge in [-0.25, -0.2) is 9.97 Å². The molecule has 0 fully saturated rings. The van der Waals surface area contributed by atoms with Crippen molar-refractivity contribution in [2.75, 3.05) is 0 Å². The van der Waals surface area contributed by atoms with E-state index >= 15 is 0 Å². The van der Waals surface area contributed by atoms with Crippen molar-refractivity contribution in [3.63, 3.8) is 0 Å². The van der Waals surface area contributed by atoms with E-state index in [1.54, 1.807) is 13.1 Å². The van der Waals surface area contributed by atoms with Crippen LogP contribution in [0, 0.1) is 20.8 Å². The fraction of sp³-hybridized carbons (Fsp3) is 0.158. The van der Waals surface area contributed by atoms with E-state index in [4.69, 9.17) is 0 Å². The number of pyridine rings is 1. The highest BCUT2D eigenvalue weighted by Crippen LogP contribution is 2.32. The second-order valence-corrected chi connectivity index (χ2v) is 6.97. The Morgan fingerprint density at radius 3 is 2.64 bits per heavy atom. The molecule has 0 aliphatic carbocycles. The van der Waals surface area contributed by atoms with Gasteiger partial charge < -0.3 is 0 Å². The maximum atomic E-state index is 12.9. The SMILES string of the molecule is Cc1cc(C)c2c(n1)sc1c(=O)n(/N=C/c3ccccc3)c(C)nc12. The number of aromatic nitrogens is 3. The van der Waals surface area contributed by atoms with Gasteiger partial charge in [-0.2, -0.15) is 9.78 Å². The fourth-order valence-electron chi connectivity index (χ4n) is 2.93. The maximum Gasteiger partial charge on any atom is 0.292 e. The minimum atomic E-state index is -0.158. The summed E-state index contributed by atoms with van der Waals surface area (Å²) in [4.78, 5) is 23.0. The van der Waals surface area contributed by atoms with E-state index in [2.05, 4.69) is 15.1 Å². The highest BCUT2D eigenvalue weighted by atomic mass is 32.1. The number of rotatable bonds is 2. The van der Waals surface area contributed by atoms with Crippen LogP contribution in [-0.4, -0.2) is 20.9 Å². The lowest BCUT2D eigenvalue weighted by Gasteiger charge is -2.03. The Kier molecular flexibility index (Phi) is 3.69. The summed E-state index contributed by atoms with van der Waals surface area (Å²) in [5.74, 6) is 0.560. The van der Waals surface area contributed by atoms with Gasteiger partial charge in [0.25, 0.3) is 5.56 Å². The van der Waals surface area contributed by atoms with E-state index in [1.807, 2.05) is 50.2 Å². The summed E-state index contributed by atoms with van der Waals surface area (Å²) in [6, 6.07) is 11.7. The molecular formula is C19H16N4OS. The second kappa shape index (κ2) is 5.89. The third kappa shape index (κ3) is 2.64. The van der Waals surface area contributed by atoms with Crippen LogP contribution in [0.3, 0.4) is 0 Å². The molecule has 0 bridgehead atoms. The molecule has 0 unspecified atom stereocenters. The van der Waals surface area contributed by atoms with E-state index in [1.165, 1.54) is 16.0 Å². The number of fused-ring (bicyclic) bond motifs is 3. The van der Waals surface area contributed by atoms with E-state index in [-0.39, 0.29) is 5.56 Å². The van der Waals surface area contributed by atoms with E-state index in [0.29, 0.717) is 10.5 Å². The minimum Gasteiger partial charge on any atom is -0.266 e. The molecule has 0 aliphatic heterocycles. The number of hydrogen-bond acceptors (Lipinski definition) is 5. The molecule has 0 spiro atoms. The van der Waals surface area contributed by atoms with Crippen LogP contribution in [0.2, 0.25) is 0 Å². The normalized spacial score (nSPS) is 11.8. The van der Waals surface area contributed by atoms with Gasteiger partial charge in [0.1, 0.15) is 15.4 Å². The van der Waals surface area contributed by atoms with Crippen LogP contribution in [-0.2, 0) is 0 Å². The van der Waals surface area contributed by atoms with Gasteiger partial charge in [-0.3, -0.25) is 4.79 Å². The number of benzene rings is 1. The summed E-state index contributed by atoms with van der Waals surface area (Å²) in [7, 11) is 0. The van der Waals surface area contributed by atoms with Crippen LogP contribution in [0.25, 0.3) is 20.4 Å². The number of nitrogens with zero attached hydrogens (tertiary/aromatic N) is 4. The van der Waals surface area contributed by atoms with E-state index in [9.17, 15) is 4.79 Å². The summed E-state index contributed by atoms with van der Waals surface area (Å²) in [6.07, 6.45) is 1.67. The lowest BCUT2D eigenvalue weighted by Crippen LogP contribution is -2.19. The Bertz CT molecular complexity index is 1190. The minimum absolute atomic E-state index is 0.158. The van der Waals surface area contributed by atoms with Gasteiger partial charge in [-0.15, -0.1) is 11.3 Å². The van der Waals surface area contributed by atoms with Gasteiger partial charge in [0.2, 0.25) is 0 Å². The molecule has 6 heteroatoms. The first kappa shape index (κ1) is 15.7. The zero-order valence-corrected chi connectivity index (χ0v) is 15.0. The zero-order chi connectivity index (χ0) is 17.6. The van der Waals surface area contributed by atoms with Gasteiger partial charge in [0.05, 0.1) is 11.7 Å². The molecule has 25 heavy (non-hydrogen) atoms. The molecule has 3 aromatic heterocycles. The maximum absolute atomic E-state index is 12.9. The Balaban J connectivity index is 1.96. The molecule has 0 atom stereocenters. The molecular weight excluding hydrogens is 332 g/mol. The van der Waals surface area contributed by atoms with Crippen LogP contribution in [0.1, 0.15) is 22.6 Å². The average molecular weight is 348 g/mol. The van der Waals surface area contributed by atoms with Crippen LogP contribution < -0.4 is 5.56 Å². The molecule has 0 saturated heterocycles. The molecule has 4 rings (SSSR count). The number of thiophene rings is 1. The van der Waals surface area contributed by atoms with Crippen molar-refractivity contribution in [1.82, 2.24) is 14.6 Å². The van der Waals surface area contributed by atoms with Crippen molar-refractivity contribution >= 4 is 38.0 Å². The highest BCUT2D eigenvalue weighted by Gasteiger charge is 2.16. The predicted octanol–water partition coefficient (Wildman–Crippen LogP) is 3.81. The largest absolute Gasteiger partial charge is 0.292 e. The Labute approximate surface area is 148 Å². The van der Waals surface area contributed by atoms with Crippen molar-refractivity contribution in [3.8, 4) is 0 Å². The molecule has 124 valence electrons. The van der Waals surface area contributed by atoms with Crippen LogP contribution in [0.15, 0.2) is 46.3 Å². The first-order valence-electron chi connectivity index (χ1n) is 7.94. The Morgan fingerprint density at radius 2 is 1.88 bits per heavy atom. The Hall–Kier alpha value is -2.86. The lowest BCUT2D eigenvalue weighted by molar-refractivity contribution is 0.773. The molecule has 4 aromatic rings. The van der Waals surface area contributed by atoms with Gasteiger partial charge in [0.15, 0.2) is 0 Å². The molecule has 0 amide bonds. The second-order valence-electron chi connectivity index (χ2n) is 5.97. The summed E-state index contributed by atoms with van der Waals surface area (Å²) < 4.78 is 1.94. The molecule has 0 saturated carbocycles. The lowest BCUT2D eigenvalue weighted by atomic mass is 10.1. The molecule has 3 heterocycles. The molecule has 0 N–H and O–H groups in total. The average Bonchev–Trinajstić information content (AvgIpc) is 2.94. The first-order chi connectivity index (χ1) is 12.0. The van der Waals surface area contributed by atoms with Crippen LogP contribution in [0.4, 0.5) is 0 Å². The fourth-order valence-corrected chi connectivity index (χ4v) is 4.09. The third-order valence-corrected chi connectivity index (χ3v) is 5.11. The van der Waals surface area contributed by atoms with E-state index < -0.39 is 0 Å². The summed E-state index contributed by atoms with van der Waals surface area (Å²) in [5, 5.41) is 5.30. The molecule has 5 nitrogen and oxygen atoms in total. The monoisotopic (exact) mass is 348 g/mol. The number of hydrogen-bond donors (Lipinski definition) is 0. The molecule has 0 aliphatic rings. The summed E-state index contributed by atoms with van der Waals surface area (Å²) >= 11 is 1.38. The standard InChI is InChI=1S/C19H16N4OS/c1-11-9-12(2)21-18-15(11)16-17(25-18)19(24)23(13(3)22-16)20-10-14-7-5-4-6-8-14/h4-10H,1-3H3/b20-10+. The number of aryl methyl sites for hydroxylation is 3. The van der Waals surface area contributed by atoms with Gasteiger partial charge >= 0.3 is 0 Å². The quantitative estimate of drug-likeness (QED) is 0.518. The van der Waals surface area contributed by atoms with Gasteiger partial charge in [-0.05, 0) is 38.0 Å². The topological polar surface area (TPSA) is 60.1 Å². The molecule has 1 aromatic carbocycles. The van der Waals surface area contributed by atoms with Gasteiger partial charge in [-0.1, -0.05) is 30.3 Å². The third-order valence-electron chi connectivity index (χ3n) is 4.05. The van der Waals surface area contributed by atoms with Gasteiger partial charge in [0, 0.05) is 11.1 Å². The van der Waals surface area contributed by atoms with Crippen molar-refractivity contribution in [3.05, 3.63) is 69.4 Å².